The molecule has 0 aliphatic heterocycles. The molecule has 3 nitrogen and oxygen atoms in total. The molecule has 1 atom stereocenters. The summed E-state index contributed by atoms with van der Waals surface area (Å²) in [5.41, 5.74) is 3.33. The average molecular weight is 417 g/mol. The molecule has 1 aromatic heterocycles. The Kier molecular flexibility index (Phi) is 8.59. The van der Waals surface area contributed by atoms with Gasteiger partial charge in [-0.2, -0.15) is 47.7 Å². The van der Waals surface area contributed by atoms with Crippen LogP contribution in [0.4, 0.5) is 0 Å². The zero-order chi connectivity index (χ0) is 18.2. The standard InChI is InChI=1S/C17H18N3S.C5H5.Fe/c1-3-21-17-11-7-10-15(17)13(2)20-12-16(18-19-20)14-8-5-4-6-9-14;1-2-4-5-3-1;/h4-13H,3H2,1-2H3;1-5H;/q2*-1;+2/t13-;;/m0../s1. The molecule has 0 amide bonds. The van der Waals surface area contributed by atoms with Crippen molar-refractivity contribution in [3.05, 3.63) is 90.6 Å². The van der Waals surface area contributed by atoms with Gasteiger partial charge in [0.15, 0.2) is 0 Å². The molecule has 0 radical (unpaired) electrons. The van der Waals surface area contributed by atoms with E-state index in [1.807, 2.05) is 71.2 Å². The molecule has 0 fully saturated rings. The Bertz CT molecular complexity index is 864. The van der Waals surface area contributed by atoms with E-state index in [0.717, 1.165) is 17.0 Å². The van der Waals surface area contributed by atoms with Crippen LogP contribution in [0.25, 0.3) is 11.3 Å². The smallest absolute Gasteiger partial charge is 0.257 e. The molecule has 0 spiro atoms. The third kappa shape index (κ3) is 5.70. The molecule has 0 N–H and O–H groups in total. The first-order valence-electron chi connectivity index (χ1n) is 8.82. The Morgan fingerprint density at radius 2 is 1.78 bits per heavy atom. The van der Waals surface area contributed by atoms with Gasteiger partial charge in [-0.05, 0) is 5.75 Å². The quantitative estimate of drug-likeness (QED) is 0.234. The van der Waals surface area contributed by atoms with Gasteiger partial charge in [-0.1, -0.05) is 49.4 Å². The number of aromatic nitrogens is 3. The molecule has 0 aliphatic carbocycles. The van der Waals surface area contributed by atoms with Crippen LogP contribution >= 0.6 is 11.8 Å². The first-order valence-corrected chi connectivity index (χ1v) is 9.80. The van der Waals surface area contributed by atoms with Crippen molar-refractivity contribution in [2.45, 2.75) is 24.8 Å². The summed E-state index contributed by atoms with van der Waals surface area (Å²) >= 11 is 1.87. The van der Waals surface area contributed by atoms with Crippen LogP contribution in [0.15, 0.2) is 90.0 Å². The van der Waals surface area contributed by atoms with E-state index in [-0.39, 0.29) is 23.1 Å². The minimum atomic E-state index is 0. The van der Waals surface area contributed by atoms with Gasteiger partial charge in [-0.25, -0.2) is 18.2 Å². The van der Waals surface area contributed by atoms with Crippen LogP contribution in [0.3, 0.4) is 0 Å². The van der Waals surface area contributed by atoms with E-state index in [4.69, 9.17) is 0 Å². The Balaban J connectivity index is 0.000000379. The molecule has 4 rings (SSSR count). The SMILES string of the molecule is CCSc1[cH-]ccc1[C@H](C)n1cc(-c2ccccc2)nn1.[Fe+2].c1cc[cH-]c1. The molecule has 0 bridgehead atoms. The monoisotopic (exact) mass is 417 g/mol. The van der Waals surface area contributed by atoms with Gasteiger partial charge in [0, 0.05) is 11.6 Å². The third-order valence-electron chi connectivity index (χ3n) is 4.09. The first kappa shape index (κ1) is 21.2. The fraction of sp³-hybridized carbons (Fsp3) is 0.182. The van der Waals surface area contributed by atoms with Crippen LogP contribution < -0.4 is 0 Å². The van der Waals surface area contributed by atoms with Crippen molar-refractivity contribution in [2.75, 3.05) is 5.75 Å². The second kappa shape index (κ2) is 10.9. The predicted molar refractivity (Wildman–Crippen MR) is 110 cm³/mol. The van der Waals surface area contributed by atoms with E-state index < -0.39 is 0 Å². The molecule has 3 aromatic carbocycles. The molecule has 140 valence electrons. The Labute approximate surface area is 176 Å². The van der Waals surface area contributed by atoms with Crippen molar-refractivity contribution in [2.24, 2.45) is 0 Å². The molecule has 27 heavy (non-hydrogen) atoms. The average Bonchev–Trinajstić information content (AvgIpc) is 3.44. The number of thioether (sulfide) groups is 1. The molecule has 0 saturated carbocycles. The van der Waals surface area contributed by atoms with Gasteiger partial charge < -0.3 is 0 Å². The normalized spacial score (nSPS) is 11.2. The summed E-state index contributed by atoms with van der Waals surface area (Å²) in [6, 6.07) is 26.8. The molecule has 0 saturated heterocycles. The zero-order valence-electron chi connectivity index (χ0n) is 15.5. The second-order valence-corrected chi connectivity index (χ2v) is 7.17. The van der Waals surface area contributed by atoms with E-state index in [1.54, 1.807) is 0 Å². The third-order valence-corrected chi connectivity index (χ3v) is 5.06. The largest absolute Gasteiger partial charge is 2.00 e. The molecule has 5 heteroatoms. The van der Waals surface area contributed by atoms with Crippen molar-refractivity contribution in [1.82, 2.24) is 15.0 Å². The number of benzene rings is 1. The first-order chi connectivity index (χ1) is 12.8. The summed E-state index contributed by atoms with van der Waals surface area (Å²) in [5.74, 6) is 1.08. The molecule has 1 heterocycles. The molecule has 4 aromatic rings. The minimum Gasteiger partial charge on any atom is -0.257 e. The van der Waals surface area contributed by atoms with Crippen molar-refractivity contribution in [1.29, 1.82) is 0 Å². The van der Waals surface area contributed by atoms with Gasteiger partial charge in [0.2, 0.25) is 0 Å². The maximum absolute atomic E-state index is 4.31. The number of nitrogens with zero attached hydrogens (tertiary/aromatic N) is 3. The minimum absolute atomic E-state index is 0. The van der Waals surface area contributed by atoms with Crippen LogP contribution in [0.5, 0.6) is 0 Å². The van der Waals surface area contributed by atoms with Crippen molar-refractivity contribution in [3.8, 4) is 11.3 Å². The van der Waals surface area contributed by atoms with Gasteiger partial charge in [0.25, 0.3) is 0 Å². The maximum Gasteiger partial charge on any atom is 2.00 e. The summed E-state index contributed by atoms with van der Waals surface area (Å²) < 4.78 is 1.94. The van der Waals surface area contributed by atoms with E-state index in [0.29, 0.717) is 0 Å². The summed E-state index contributed by atoms with van der Waals surface area (Å²) in [4.78, 5) is 1.33. The maximum atomic E-state index is 4.31. The van der Waals surface area contributed by atoms with Gasteiger partial charge in [0.05, 0.1) is 6.20 Å². The fourth-order valence-electron chi connectivity index (χ4n) is 2.72. The molecule has 0 aliphatic rings. The van der Waals surface area contributed by atoms with Crippen LogP contribution in [-0.4, -0.2) is 20.7 Å². The molecular weight excluding hydrogens is 394 g/mol. The predicted octanol–water partition coefficient (Wildman–Crippen LogP) is 5.79. The van der Waals surface area contributed by atoms with Crippen LogP contribution in [-0.2, 0) is 17.1 Å². The Morgan fingerprint density at radius 3 is 2.41 bits per heavy atom. The Morgan fingerprint density at radius 1 is 1.04 bits per heavy atom. The summed E-state index contributed by atoms with van der Waals surface area (Å²) in [6.07, 6.45) is 2.02. The summed E-state index contributed by atoms with van der Waals surface area (Å²) in [7, 11) is 0. The number of hydrogen-bond acceptors (Lipinski definition) is 3. The van der Waals surface area contributed by atoms with Crippen molar-refractivity contribution < 1.29 is 17.1 Å². The van der Waals surface area contributed by atoms with E-state index >= 15 is 0 Å². The fourth-order valence-corrected chi connectivity index (χ4v) is 3.61. The van der Waals surface area contributed by atoms with Crippen LogP contribution in [0, 0.1) is 0 Å². The topological polar surface area (TPSA) is 30.7 Å². The molecular formula is C22H23FeN3S. The van der Waals surface area contributed by atoms with Crippen LogP contribution in [0.2, 0.25) is 0 Å². The van der Waals surface area contributed by atoms with Crippen molar-refractivity contribution >= 4 is 11.8 Å². The summed E-state index contributed by atoms with van der Waals surface area (Å²) in [6.45, 7) is 4.34. The zero-order valence-corrected chi connectivity index (χ0v) is 17.4. The van der Waals surface area contributed by atoms with Gasteiger partial charge in [-0.3, -0.25) is 4.68 Å². The number of rotatable bonds is 5. The van der Waals surface area contributed by atoms with E-state index in [9.17, 15) is 0 Å². The van der Waals surface area contributed by atoms with Crippen LogP contribution in [0.1, 0.15) is 25.5 Å². The summed E-state index contributed by atoms with van der Waals surface area (Å²) in [5, 5.41) is 8.61. The van der Waals surface area contributed by atoms with E-state index in [1.165, 1.54) is 10.5 Å². The van der Waals surface area contributed by atoms with Gasteiger partial charge >= 0.3 is 17.1 Å². The van der Waals surface area contributed by atoms with Gasteiger partial charge in [-0.15, -0.1) is 9.99 Å². The van der Waals surface area contributed by atoms with E-state index in [2.05, 4.69) is 54.5 Å². The number of hydrogen-bond donors (Lipinski definition) is 0. The Hall–Kier alpha value is -2.07. The van der Waals surface area contributed by atoms with Crippen molar-refractivity contribution in [3.63, 3.8) is 0 Å². The van der Waals surface area contributed by atoms with Gasteiger partial charge in [0.1, 0.15) is 5.69 Å². The molecule has 0 unspecified atom stereocenters. The second-order valence-electron chi connectivity index (χ2n) is 5.87.